The third kappa shape index (κ3) is 6.93. The van der Waals surface area contributed by atoms with Crippen molar-refractivity contribution in [1.29, 1.82) is 0 Å². The van der Waals surface area contributed by atoms with Crippen LogP contribution in [0.3, 0.4) is 0 Å². The SMILES string of the molecule is CCCCCCC(C(=O)O)S(=O)(=O)CC1NC(=O)NC1=O.NO. The number of nitrogens with one attached hydrogen (secondary N) is 2. The molecule has 6 N–H and O–H groups in total. The van der Waals surface area contributed by atoms with E-state index in [1.807, 2.05) is 12.2 Å². The average molecular weight is 353 g/mol. The number of carboxylic acids is 1. The van der Waals surface area contributed by atoms with E-state index in [4.69, 9.17) is 10.3 Å². The molecule has 2 unspecified atom stereocenters. The number of aliphatic carboxylic acids is 1. The maximum atomic E-state index is 12.1. The van der Waals surface area contributed by atoms with Crippen LogP contribution in [-0.4, -0.2) is 53.7 Å². The molecule has 1 rings (SSSR count). The number of carbonyl (C=O) groups is 3. The predicted octanol–water partition coefficient (Wildman–Crippen LogP) is -0.633. The van der Waals surface area contributed by atoms with Crippen molar-refractivity contribution in [2.45, 2.75) is 50.3 Å². The zero-order valence-electron chi connectivity index (χ0n) is 12.8. The molecule has 1 fully saturated rings. The Kier molecular flexibility index (Phi) is 9.37. The van der Waals surface area contributed by atoms with Crippen LogP contribution in [-0.2, 0) is 19.4 Å². The lowest BCUT2D eigenvalue weighted by Crippen LogP contribution is -2.42. The van der Waals surface area contributed by atoms with E-state index in [2.05, 4.69) is 11.2 Å². The molecule has 0 saturated carbocycles. The van der Waals surface area contributed by atoms with Crippen LogP contribution in [0.15, 0.2) is 0 Å². The number of hydrogen-bond donors (Lipinski definition) is 5. The van der Waals surface area contributed by atoms with Gasteiger partial charge in [-0.15, -0.1) is 0 Å². The van der Waals surface area contributed by atoms with Crippen LogP contribution in [0.2, 0.25) is 0 Å². The van der Waals surface area contributed by atoms with E-state index in [9.17, 15) is 22.8 Å². The summed E-state index contributed by atoms with van der Waals surface area (Å²) in [4.78, 5) is 33.5. The van der Waals surface area contributed by atoms with Crippen LogP contribution in [0.4, 0.5) is 4.79 Å². The fourth-order valence-electron chi connectivity index (χ4n) is 2.14. The molecule has 0 aromatic heterocycles. The van der Waals surface area contributed by atoms with Crippen molar-refractivity contribution in [3.8, 4) is 0 Å². The summed E-state index contributed by atoms with van der Waals surface area (Å²) in [5, 5.41) is 18.1. The number of nitrogens with two attached hydrogens (primary N) is 1. The van der Waals surface area contributed by atoms with Gasteiger partial charge in [0.05, 0.1) is 5.75 Å². The number of sulfone groups is 1. The number of hydrogen-bond acceptors (Lipinski definition) is 7. The zero-order valence-corrected chi connectivity index (χ0v) is 13.6. The van der Waals surface area contributed by atoms with Crippen LogP contribution in [0.5, 0.6) is 0 Å². The molecule has 1 aliphatic rings. The predicted molar refractivity (Wildman–Crippen MR) is 80.4 cm³/mol. The second kappa shape index (κ2) is 10.1. The maximum Gasteiger partial charge on any atom is 0.322 e. The Morgan fingerprint density at radius 2 is 1.87 bits per heavy atom. The Morgan fingerprint density at radius 3 is 2.30 bits per heavy atom. The monoisotopic (exact) mass is 353 g/mol. The summed E-state index contributed by atoms with van der Waals surface area (Å²) in [5.74, 6) is 0.630. The number of amides is 3. The van der Waals surface area contributed by atoms with Crippen molar-refractivity contribution < 1.29 is 33.1 Å². The molecule has 0 radical (unpaired) electrons. The number of carboxylic acid groups (broad SMARTS) is 1. The fraction of sp³-hybridized carbons (Fsp3) is 0.750. The first-order chi connectivity index (χ1) is 10.8. The van der Waals surface area contributed by atoms with Crippen LogP contribution in [0, 0.1) is 0 Å². The molecule has 0 aliphatic carbocycles. The molecule has 0 bridgehead atoms. The van der Waals surface area contributed by atoms with Gasteiger partial charge in [0.2, 0.25) is 0 Å². The average Bonchev–Trinajstić information content (AvgIpc) is 2.77. The topological polar surface area (TPSA) is 176 Å². The second-order valence-corrected chi connectivity index (χ2v) is 7.25. The molecule has 2 atom stereocenters. The van der Waals surface area contributed by atoms with E-state index in [0.717, 1.165) is 19.3 Å². The van der Waals surface area contributed by atoms with Gasteiger partial charge in [-0.25, -0.2) is 19.1 Å². The van der Waals surface area contributed by atoms with Crippen LogP contribution >= 0.6 is 0 Å². The number of unbranched alkanes of at least 4 members (excludes halogenated alkanes) is 3. The van der Waals surface area contributed by atoms with Crippen molar-refractivity contribution in [2.75, 3.05) is 5.75 Å². The minimum absolute atomic E-state index is 0.0138. The molecule has 0 aromatic rings. The highest BCUT2D eigenvalue weighted by molar-refractivity contribution is 7.92. The Labute approximate surface area is 134 Å². The van der Waals surface area contributed by atoms with Gasteiger partial charge in [0, 0.05) is 0 Å². The standard InChI is InChI=1S/C12H20N2O6S.H3NO/c1-2-3-4-5-6-9(11(16)17)21(19,20)7-8-10(15)14-12(18)13-8;1-2/h8-9H,2-7H2,1H3,(H,16,17)(H2,13,14,15,18);2H,1H2. The maximum absolute atomic E-state index is 12.1. The molecule has 1 aliphatic heterocycles. The van der Waals surface area contributed by atoms with Crippen LogP contribution < -0.4 is 16.5 Å². The highest BCUT2D eigenvalue weighted by Crippen LogP contribution is 2.15. The second-order valence-electron chi connectivity index (χ2n) is 5.02. The molecule has 11 heteroatoms. The van der Waals surface area contributed by atoms with Gasteiger partial charge in [-0.3, -0.25) is 14.9 Å². The van der Waals surface area contributed by atoms with E-state index >= 15 is 0 Å². The van der Waals surface area contributed by atoms with Crippen molar-refractivity contribution in [1.82, 2.24) is 10.6 Å². The summed E-state index contributed by atoms with van der Waals surface area (Å²) in [7, 11) is -4.02. The third-order valence-electron chi connectivity index (χ3n) is 3.29. The summed E-state index contributed by atoms with van der Waals surface area (Å²) in [5.41, 5.74) is 0. The van der Waals surface area contributed by atoms with E-state index in [-0.39, 0.29) is 6.42 Å². The van der Waals surface area contributed by atoms with E-state index in [1.54, 1.807) is 0 Å². The van der Waals surface area contributed by atoms with Crippen LogP contribution in [0.1, 0.15) is 39.0 Å². The van der Waals surface area contributed by atoms with Gasteiger partial charge in [-0.05, 0) is 6.42 Å². The first-order valence-electron chi connectivity index (χ1n) is 7.09. The molecule has 134 valence electrons. The quantitative estimate of drug-likeness (QED) is 0.207. The highest BCUT2D eigenvalue weighted by Gasteiger charge is 2.39. The van der Waals surface area contributed by atoms with Gasteiger partial charge >= 0.3 is 12.0 Å². The molecule has 1 saturated heterocycles. The minimum atomic E-state index is -4.02. The lowest BCUT2D eigenvalue weighted by Gasteiger charge is -2.15. The van der Waals surface area contributed by atoms with Gasteiger partial charge < -0.3 is 15.6 Å². The fourth-order valence-corrected chi connectivity index (χ4v) is 3.90. The van der Waals surface area contributed by atoms with Crippen molar-refractivity contribution >= 4 is 27.7 Å². The summed E-state index contributed by atoms with van der Waals surface area (Å²) in [6.07, 6.45) is 3.13. The number of carbonyl (C=O) groups excluding carboxylic acids is 2. The van der Waals surface area contributed by atoms with E-state index < -0.39 is 44.8 Å². The summed E-state index contributed by atoms with van der Waals surface area (Å²) in [6.45, 7) is 1.99. The highest BCUT2D eigenvalue weighted by atomic mass is 32.2. The Morgan fingerprint density at radius 1 is 1.26 bits per heavy atom. The lowest BCUT2D eigenvalue weighted by atomic mass is 10.1. The number of rotatable bonds is 9. The first-order valence-corrected chi connectivity index (χ1v) is 8.81. The number of urea groups is 1. The van der Waals surface area contributed by atoms with Crippen molar-refractivity contribution in [3.63, 3.8) is 0 Å². The largest absolute Gasteiger partial charge is 0.480 e. The van der Waals surface area contributed by atoms with Crippen LogP contribution in [0.25, 0.3) is 0 Å². The smallest absolute Gasteiger partial charge is 0.322 e. The molecule has 23 heavy (non-hydrogen) atoms. The molecule has 1 heterocycles. The Balaban J connectivity index is 0.00000232. The van der Waals surface area contributed by atoms with Gasteiger partial charge in [-0.1, -0.05) is 32.6 Å². The van der Waals surface area contributed by atoms with Crippen molar-refractivity contribution in [2.24, 2.45) is 5.90 Å². The molecule has 0 aromatic carbocycles. The minimum Gasteiger partial charge on any atom is -0.480 e. The molecule has 3 amide bonds. The van der Waals surface area contributed by atoms with Gasteiger partial charge in [0.1, 0.15) is 6.04 Å². The molecule has 0 spiro atoms. The number of imide groups is 1. The summed E-state index contributed by atoms with van der Waals surface area (Å²) in [6, 6.07) is -1.99. The van der Waals surface area contributed by atoms with E-state index in [0.29, 0.717) is 6.42 Å². The zero-order chi connectivity index (χ0) is 18.0. The molecular weight excluding hydrogens is 330 g/mol. The summed E-state index contributed by atoms with van der Waals surface area (Å²) >= 11 is 0. The Bertz CT molecular complexity index is 521. The van der Waals surface area contributed by atoms with Gasteiger partial charge in [0.15, 0.2) is 15.1 Å². The summed E-state index contributed by atoms with van der Waals surface area (Å²) < 4.78 is 24.3. The van der Waals surface area contributed by atoms with Crippen molar-refractivity contribution in [3.05, 3.63) is 0 Å². The molecular formula is C12H23N3O7S. The first kappa shape index (κ1) is 21.3. The Hall–Kier alpha value is -1.72. The third-order valence-corrected chi connectivity index (χ3v) is 5.39. The normalized spacial score (nSPS) is 18.5. The van der Waals surface area contributed by atoms with E-state index in [1.165, 1.54) is 0 Å². The van der Waals surface area contributed by atoms with Gasteiger partial charge in [-0.2, -0.15) is 0 Å². The lowest BCUT2D eigenvalue weighted by molar-refractivity contribution is -0.136. The molecule has 10 nitrogen and oxygen atoms in total. The van der Waals surface area contributed by atoms with Gasteiger partial charge in [0.25, 0.3) is 5.91 Å².